The molecule has 30 heavy (non-hydrogen) atoms. The van der Waals surface area contributed by atoms with E-state index in [9.17, 15) is 14.4 Å². The standard InChI is InChI=1S/C22H23N3O5/c1-13-8-16(18(26)11-25-21(27)17-4-3-7-23(17)22(25)28)14(2)24(13)10-15-5-6-19-20(9-15)30-12-29-19/h5-6,8-9,17H,3-4,7,10-12H2,1-2H3/t17-/m1/s1. The Labute approximate surface area is 174 Å². The van der Waals surface area contributed by atoms with Crippen molar-refractivity contribution in [3.63, 3.8) is 0 Å². The minimum absolute atomic E-state index is 0.209. The van der Waals surface area contributed by atoms with Crippen molar-refractivity contribution in [3.8, 4) is 11.5 Å². The molecule has 2 fully saturated rings. The molecule has 2 aromatic rings. The van der Waals surface area contributed by atoms with Crippen molar-refractivity contribution >= 4 is 17.7 Å². The lowest BCUT2D eigenvalue weighted by atomic mass is 10.1. The van der Waals surface area contributed by atoms with Crippen molar-refractivity contribution in [2.75, 3.05) is 19.9 Å². The molecule has 8 heteroatoms. The van der Waals surface area contributed by atoms with Crippen LogP contribution in [0.3, 0.4) is 0 Å². The molecule has 0 radical (unpaired) electrons. The van der Waals surface area contributed by atoms with Gasteiger partial charge in [0.05, 0.1) is 6.54 Å². The molecular weight excluding hydrogens is 386 g/mol. The number of carbonyl (C=O) groups is 3. The summed E-state index contributed by atoms with van der Waals surface area (Å²) in [5, 5.41) is 0. The lowest BCUT2D eigenvalue weighted by Gasteiger charge is -2.15. The molecule has 5 rings (SSSR count). The number of fused-ring (bicyclic) bond motifs is 2. The second-order valence-electron chi connectivity index (χ2n) is 8.04. The number of benzene rings is 1. The number of aryl methyl sites for hydroxylation is 1. The largest absolute Gasteiger partial charge is 0.454 e. The van der Waals surface area contributed by atoms with Crippen LogP contribution in [0.5, 0.6) is 11.5 Å². The minimum Gasteiger partial charge on any atom is -0.454 e. The van der Waals surface area contributed by atoms with Gasteiger partial charge in [-0.1, -0.05) is 6.07 Å². The molecule has 0 bridgehead atoms. The number of hydrogen-bond acceptors (Lipinski definition) is 5. The monoisotopic (exact) mass is 409 g/mol. The Morgan fingerprint density at radius 1 is 1.13 bits per heavy atom. The van der Waals surface area contributed by atoms with Crippen LogP contribution in [0, 0.1) is 13.8 Å². The van der Waals surface area contributed by atoms with Crippen molar-refractivity contribution in [1.82, 2.24) is 14.4 Å². The van der Waals surface area contributed by atoms with E-state index in [0.717, 1.165) is 39.8 Å². The summed E-state index contributed by atoms with van der Waals surface area (Å²) < 4.78 is 12.9. The predicted molar refractivity (Wildman–Crippen MR) is 107 cm³/mol. The maximum absolute atomic E-state index is 13.0. The van der Waals surface area contributed by atoms with Crippen LogP contribution in [0.25, 0.3) is 0 Å². The maximum Gasteiger partial charge on any atom is 0.327 e. The molecule has 0 aliphatic carbocycles. The van der Waals surface area contributed by atoms with Crippen molar-refractivity contribution < 1.29 is 23.9 Å². The number of hydrogen-bond donors (Lipinski definition) is 0. The highest BCUT2D eigenvalue weighted by molar-refractivity contribution is 6.09. The highest BCUT2D eigenvalue weighted by Crippen LogP contribution is 2.33. The van der Waals surface area contributed by atoms with Crippen molar-refractivity contribution in [2.45, 2.75) is 39.3 Å². The first-order chi connectivity index (χ1) is 14.4. The van der Waals surface area contributed by atoms with Crippen LogP contribution < -0.4 is 9.47 Å². The van der Waals surface area contributed by atoms with Gasteiger partial charge in [0.1, 0.15) is 6.04 Å². The third-order valence-electron chi connectivity index (χ3n) is 6.23. The second-order valence-corrected chi connectivity index (χ2v) is 8.04. The molecule has 156 valence electrons. The SMILES string of the molecule is Cc1cc(C(=O)CN2C(=O)[C@H]3CCCN3C2=O)c(C)n1Cc1ccc2c(c1)OCO2. The molecule has 1 aromatic carbocycles. The van der Waals surface area contributed by atoms with Gasteiger partial charge < -0.3 is 18.9 Å². The first-order valence-corrected chi connectivity index (χ1v) is 10.1. The topological polar surface area (TPSA) is 81.1 Å². The summed E-state index contributed by atoms with van der Waals surface area (Å²) in [7, 11) is 0. The third kappa shape index (κ3) is 2.86. The van der Waals surface area contributed by atoms with Gasteiger partial charge in [0, 0.05) is 30.0 Å². The van der Waals surface area contributed by atoms with Gasteiger partial charge in [0.15, 0.2) is 17.3 Å². The Bertz CT molecular complexity index is 1050. The van der Waals surface area contributed by atoms with Gasteiger partial charge in [0.25, 0.3) is 5.91 Å². The fourth-order valence-corrected chi connectivity index (χ4v) is 4.60. The Kier molecular flexibility index (Phi) is 4.30. The van der Waals surface area contributed by atoms with Gasteiger partial charge in [-0.15, -0.1) is 0 Å². The molecule has 3 aliphatic heterocycles. The first-order valence-electron chi connectivity index (χ1n) is 10.1. The molecule has 3 amide bonds. The molecule has 3 aliphatic rings. The number of urea groups is 1. The number of rotatable bonds is 5. The fraction of sp³-hybridized carbons (Fsp3) is 0.409. The Morgan fingerprint density at radius 3 is 2.73 bits per heavy atom. The highest BCUT2D eigenvalue weighted by atomic mass is 16.7. The summed E-state index contributed by atoms with van der Waals surface area (Å²) in [6.45, 7) is 5.02. The summed E-state index contributed by atoms with van der Waals surface area (Å²) in [6, 6.07) is 6.90. The van der Waals surface area contributed by atoms with Gasteiger partial charge in [-0.3, -0.25) is 14.5 Å². The average Bonchev–Trinajstić information content (AvgIpc) is 3.48. The van der Waals surface area contributed by atoms with Crippen molar-refractivity contribution in [2.24, 2.45) is 0 Å². The molecule has 0 spiro atoms. The van der Waals surface area contributed by atoms with E-state index in [1.165, 1.54) is 0 Å². The van der Waals surface area contributed by atoms with Crippen LogP contribution in [0.15, 0.2) is 24.3 Å². The van der Waals surface area contributed by atoms with E-state index >= 15 is 0 Å². The number of aromatic nitrogens is 1. The van der Waals surface area contributed by atoms with Crippen molar-refractivity contribution in [1.29, 1.82) is 0 Å². The highest BCUT2D eigenvalue weighted by Gasteiger charge is 2.47. The molecule has 1 aromatic heterocycles. The van der Waals surface area contributed by atoms with E-state index < -0.39 is 0 Å². The molecular formula is C22H23N3O5. The zero-order valence-corrected chi connectivity index (χ0v) is 17.0. The molecule has 4 heterocycles. The smallest absolute Gasteiger partial charge is 0.327 e. The summed E-state index contributed by atoms with van der Waals surface area (Å²) in [6.07, 6.45) is 1.52. The molecule has 8 nitrogen and oxygen atoms in total. The van der Waals surface area contributed by atoms with Crippen LogP contribution in [-0.4, -0.2) is 58.0 Å². The van der Waals surface area contributed by atoms with E-state index in [1.807, 2.05) is 38.1 Å². The van der Waals surface area contributed by atoms with Crippen LogP contribution in [0.1, 0.15) is 40.2 Å². The number of imide groups is 1. The van der Waals surface area contributed by atoms with Gasteiger partial charge in [-0.2, -0.15) is 0 Å². The number of ketones is 1. The zero-order valence-electron chi connectivity index (χ0n) is 17.0. The van der Waals surface area contributed by atoms with E-state index in [0.29, 0.717) is 25.1 Å². The summed E-state index contributed by atoms with van der Waals surface area (Å²) in [5.41, 5.74) is 3.33. The van der Waals surface area contributed by atoms with E-state index in [1.54, 1.807) is 4.90 Å². The Morgan fingerprint density at radius 2 is 1.93 bits per heavy atom. The molecule has 1 atom stereocenters. The normalized spacial score (nSPS) is 19.7. The summed E-state index contributed by atoms with van der Waals surface area (Å²) >= 11 is 0. The number of amides is 3. The number of nitrogens with zero attached hydrogens (tertiary/aromatic N) is 3. The average molecular weight is 409 g/mol. The summed E-state index contributed by atoms with van der Waals surface area (Å²) in [5.74, 6) is 0.983. The van der Waals surface area contributed by atoms with Crippen LogP contribution in [0.4, 0.5) is 4.79 Å². The zero-order chi connectivity index (χ0) is 21.0. The van der Waals surface area contributed by atoms with Gasteiger partial charge >= 0.3 is 6.03 Å². The molecule has 0 unspecified atom stereocenters. The predicted octanol–water partition coefficient (Wildman–Crippen LogP) is 2.49. The Hall–Kier alpha value is -3.29. The summed E-state index contributed by atoms with van der Waals surface area (Å²) in [4.78, 5) is 40.7. The lowest BCUT2D eigenvalue weighted by molar-refractivity contribution is -0.127. The minimum atomic E-state index is -0.385. The fourth-order valence-electron chi connectivity index (χ4n) is 4.60. The first kappa shape index (κ1) is 18.7. The molecule has 0 N–H and O–H groups in total. The number of Topliss-reactive ketones (excluding diaryl/α,β-unsaturated/α-hetero) is 1. The van der Waals surface area contributed by atoms with E-state index in [2.05, 4.69) is 4.57 Å². The van der Waals surface area contributed by atoms with Gasteiger partial charge in [-0.05, 0) is 50.5 Å². The second kappa shape index (κ2) is 6.90. The van der Waals surface area contributed by atoms with Crippen molar-refractivity contribution in [3.05, 3.63) is 46.8 Å². The third-order valence-corrected chi connectivity index (χ3v) is 6.23. The van der Waals surface area contributed by atoms with Gasteiger partial charge in [0.2, 0.25) is 6.79 Å². The van der Waals surface area contributed by atoms with E-state index in [4.69, 9.17) is 9.47 Å². The number of ether oxygens (including phenoxy) is 2. The van der Waals surface area contributed by atoms with Crippen LogP contribution >= 0.6 is 0 Å². The van der Waals surface area contributed by atoms with Crippen LogP contribution in [0.2, 0.25) is 0 Å². The lowest BCUT2D eigenvalue weighted by Crippen LogP contribution is -2.37. The Balaban J connectivity index is 1.35. The quantitative estimate of drug-likeness (QED) is 0.560. The van der Waals surface area contributed by atoms with E-state index in [-0.39, 0.29) is 37.1 Å². The molecule has 0 saturated carbocycles. The number of carbonyl (C=O) groups excluding carboxylic acids is 3. The maximum atomic E-state index is 13.0. The van der Waals surface area contributed by atoms with Crippen LogP contribution in [-0.2, 0) is 11.3 Å². The molecule has 2 saturated heterocycles. The van der Waals surface area contributed by atoms with Gasteiger partial charge in [-0.25, -0.2) is 4.79 Å².